The van der Waals surface area contributed by atoms with Crippen LogP contribution in [0.15, 0.2) is 35.4 Å². The molecule has 0 radical (unpaired) electrons. The molecule has 0 fully saturated rings. The van der Waals surface area contributed by atoms with Crippen molar-refractivity contribution in [3.63, 3.8) is 0 Å². The number of rotatable bonds is 4. The number of aromatic nitrogens is 3. The Morgan fingerprint density at radius 1 is 1.40 bits per heavy atom. The summed E-state index contributed by atoms with van der Waals surface area (Å²) >= 11 is 1.32. The first-order valence-corrected chi connectivity index (χ1v) is 7.17. The second kappa shape index (κ2) is 5.42. The van der Waals surface area contributed by atoms with Gasteiger partial charge in [-0.3, -0.25) is 4.79 Å². The summed E-state index contributed by atoms with van der Waals surface area (Å²) in [5, 5.41) is 3.90. The number of thiazole rings is 1. The van der Waals surface area contributed by atoms with E-state index in [0.29, 0.717) is 16.1 Å². The number of benzene rings is 1. The molecule has 6 heteroatoms. The molecule has 0 aliphatic heterocycles. The highest BCUT2D eigenvalue weighted by Crippen LogP contribution is 2.18. The first-order valence-electron chi connectivity index (χ1n) is 6.35. The van der Waals surface area contributed by atoms with Gasteiger partial charge in [-0.25, -0.2) is 4.98 Å². The minimum absolute atomic E-state index is 0.146. The number of hydrogen-bond acceptors (Lipinski definition) is 5. The van der Waals surface area contributed by atoms with Gasteiger partial charge in [-0.15, -0.1) is 0 Å². The summed E-state index contributed by atoms with van der Waals surface area (Å²) in [6.07, 6.45) is 4.15. The van der Waals surface area contributed by atoms with Crippen molar-refractivity contribution in [1.29, 1.82) is 0 Å². The first-order chi connectivity index (χ1) is 9.79. The smallest absolute Gasteiger partial charge is 0.291 e. The standard InChI is InChI=1S/C14H13N3O2S/c1-2-7-19-11-6-4-3-5-10(11)8-12-13(18)17-14(20-12)15-9-16-17/h3-6,8-9H,2,7H2,1H3/b12-8+. The third kappa shape index (κ3) is 2.30. The third-order valence-corrected chi connectivity index (χ3v) is 3.76. The summed E-state index contributed by atoms with van der Waals surface area (Å²) in [4.78, 5) is 16.8. The molecule has 0 unspecified atom stereocenters. The van der Waals surface area contributed by atoms with Crippen molar-refractivity contribution in [2.75, 3.05) is 6.61 Å². The minimum Gasteiger partial charge on any atom is -0.493 e. The molecular weight excluding hydrogens is 274 g/mol. The fourth-order valence-corrected chi connectivity index (χ4v) is 2.73. The zero-order valence-electron chi connectivity index (χ0n) is 10.9. The van der Waals surface area contributed by atoms with Crippen molar-refractivity contribution in [3.8, 4) is 5.75 Å². The fraction of sp³-hybridized carbons (Fsp3) is 0.214. The van der Waals surface area contributed by atoms with Crippen LogP contribution in [0.25, 0.3) is 11.0 Å². The highest BCUT2D eigenvalue weighted by atomic mass is 32.1. The van der Waals surface area contributed by atoms with Crippen LogP contribution in [0.1, 0.15) is 18.9 Å². The molecule has 0 amide bonds. The first kappa shape index (κ1) is 12.8. The molecule has 20 heavy (non-hydrogen) atoms. The Labute approximate surface area is 119 Å². The molecule has 0 spiro atoms. The molecule has 5 nitrogen and oxygen atoms in total. The predicted molar refractivity (Wildman–Crippen MR) is 78.1 cm³/mol. The fourth-order valence-electron chi connectivity index (χ4n) is 1.86. The lowest BCUT2D eigenvalue weighted by atomic mass is 10.2. The topological polar surface area (TPSA) is 56.5 Å². The van der Waals surface area contributed by atoms with Crippen LogP contribution in [0, 0.1) is 0 Å². The number of hydrogen-bond donors (Lipinski definition) is 0. The Morgan fingerprint density at radius 2 is 2.25 bits per heavy atom. The average molecular weight is 287 g/mol. The van der Waals surface area contributed by atoms with Gasteiger partial charge in [-0.2, -0.15) is 9.61 Å². The zero-order chi connectivity index (χ0) is 13.9. The lowest BCUT2D eigenvalue weighted by Crippen LogP contribution is -2.23. The van der Waals surface area contributed by atoms with E-state index in [2.05, 4.69) is 17.0 Å². The Kier molecular flexibility index (Phi) is 3.47. The van der Waals surface area contributed by atoms with Crippen molar-refractivity contribution in [1.82, 2.24) is 14.6 Å². The number of para-hydroxylation sites is 1. The Hall–Kier alpha value is -2.21. The van der Waals surface area contributed by atoms with E-state index in [1.54, 1.807) is 0 Å². The summed E-state index contributed by atoms with van der Waals surface area (Å²) in [5.74, 6) is 0.785. The summed E-state index contributed by atoms with van der Waals surface area (Å²) < 4.78 is 7.60. The van der Waals surface area contributed by atoms with E-state index in [0.717, 1.165) is 17.7 Å². The molecule has 3 rings (SSSR count). The van der Waals surface area contributed by atoms with Crippen LogP contribution in [0.2, 0.25) is 0 Å². The average Bonchev–Trinajstić information content (AvgIpc) is 3.02. The van der Waals surface area contributed by atoms with Crippen molar-refractivity contribution in [3.05, 3.63) is 51.0 Å². The Morgan fingerprint density at radius 3 is 3.05 bits per heavy atom. The van der Waals surface area contributed by atoms with E-state index in [9.17, 15) is 4.79 Å². The van der Waals surface area contributed by atoms with Gasteiger partial charge in [0.15, 0.2) is 0 Å². The second-order valence-electron chi connectivity index (χ2n) is 4.26. The minimum atomic E-state index is -0.146. The van der Waals surface area contributed by atoms with Crippen LogP contribution in [-0.4, -0.2) is 21.2 Å². The van der Waals surface area contributed by atoms with Gasteiger partial charge in [0.2, 0.25) is 4.96 Å². The summed E-state index contributed by atoms with van der Waals surface area (Å²) in [7, 11) is 0. The second-order valence-corrected chi connectivity index (χ2v) is 5.27. The molecule has 2 aromatic heterocycles. The van der Waals surface area contributed by atoms with Gasteiger partial charge in [-0.05, 0) is 18.6 Å². The lowest BCUT2D eigenvalue weighted by Gasteiger charge is -2.07. The number of fused-ring (bicyclic) bond motifs is 1. The van der Waals surface area contributed by atoms with Crippen LogP contribution < -0.4 is 14.8 Å². The molecule has 0 aliphatic carbocycles. The zero-order valence-corrected chi connectivity index (χ0v) is 11.8. The molecule has 0 bridgehead atoms. The highest BCUT2D eigenvalue weighted by molar-refractivity contribution is 7.15. The van der Waals surface area contributed by atoms with E-state index in [-0.39, 0.29) is 5.56 Å². The van der Waals surface area contributed by atoms with Crippen LogP contribution in [0.5, 0.6) is 5.75 Å². The molecule has 2 heterocycles. The van der Waals surface area contributed by atoms with Gasteiger partial charge in [-0.1, -0.05) is 36.5 Å². The van der Waals surface area contributed by atoms with Gasteiger partial charge >= 0.3 is 0 Å². The maximum absolute atomic E-state index is 12.1. The van der Waals surface area contributed by atoms with Gasteiger partial charge in [0, 0.05) is 5.56 Å². The molecule has 0 atom stereocenters. The molecule has 102 valence electrons. The largest absolute Gasteiger partial charge is 0.493 e. The molecule has 0 N–H and O–H groups in total. The molecule has 0 saturated heterocycles. The summed E-state index contributed by atoms with van der Waals surface area (Å²) in [5.41, 5.74) is 0.746. The van der Waals surface area contributed by atoms with Crippen LogP contribution in [0.3, 0.4) is 0 Å². The van der Waals surface area contributed by atoms with Gasteiger partial charge in [0.1, 0.15) is 12.1 Å². The maximum Gasteiger partial charge on any atom is 0.291 e. The molecule has 1 aromatic carbocycles. The highest BCUT2D eigenvalue weighted by Gasteiger charge is 2.06. The van der Waals surface area contributed by atoms with Crippen LogP contribution in [0.4, 0.5) is 0 Å². The lowest BCUT2D eigenvalue weighted by molar-refractivity contribution is 0.317. The maximum atomic E-state index is 12.1. The normalized spacial score (nSPS) is 12.2. The van der Waals surface area contributed by atoms with E-state index in [1.165, 1.54) is 22.2 Å². The summed E-state index contributed by atoms with van der Waals surface area (Å²) in [6, 6.07) is 7.68. The molecule has 3 aromatic rings. The number of nitrogens with zero attached hydrogens (tertiary/aromatic N) is 3. The van der Waals surface area contributed by atoms with E-state index in [4.69, 9.17) is 4.74 Å². The quantitative estimate of drug-likeness (QED) is 0.729. The predicted octanol–water partition coefficient (Wildman–Crippen LogP) is 1.49. The van der Waals surface area contributed by atoms with E-state index in [1.807, 2.05) is 30.3 Å². The van der Waals surface area contributed by atoms with Crippen LogP contribution >= 0.6 is 11.3 Å². The van der Waals surface area contributed by atoms with Gasteiger partial charge in [0.25, 0.3) is 5.56 Å². The Balaban J connectivity index is 2.09. The SMILES string of the molecule is CCCOc1ccccc1/C=c1/sc2ncnn2c1=O. The number of ether oxygens (including phenoxy) is 1. The van der Waals surface area contributed by atoms with Gasteiger partial charge in [0.05, 0.1) is 11.1 Å². The van der Waals surface area contributed by atoms with Crippen molar-refractivity contribution < 1.29 is 4.74 Å². The molecule has 0 aliphatic rings. The molecular formula is C14H13N3O2S. The van der Waals surface area contributed by atoms with Crippen molar-refractivity contribution in [2.45, 2.75) is 13.3 Å². The Bertz CT molecular complexity index is 838. The van der Waals surface area contributed by atoms with Crippen molar-refractivity contribution >= 4 is 22.4 Å². The third-order valence-electron chi connectivity index (χ3n) is 2.79. The van der Waals surface area contributed by atoms with Crippen molar-refractivity contribution in [2.24, 2.45) is 0 Å². The molecule has 0 saturated carbocycles. The summed E-state index contributed by atoms with van der Waals surface area (Å²) in [6.45, 7) is 2.71. The van der Waals surface area contributed by atoms with E-state index >= 15 is 0 Å². The van der Waals surface area contributed by atoms with Gasteiger partial charge < -0.3 is 4.74 Å². The monoisotopic (exact) mass is 287 g/mol. The van der Waals surface area contributed by atoms with Crippen LogP contribution in [-0.2, 0) is 0 Å². The van der Waals surface area contributed by atoms with E-state index < -0.39 is 0 Å².